The molecule has 1 saturated heterocycles. The van der Waals surface area contributed by atoms with E-state index < -0.39 is 0 Å². The van der Waals surface area contributed by atoms with E-state index in [1.54, 1.807) is 0 Å². The summed E-state index contributed by atoms with van der Waals surface area (Å²) in [4.78, 5) is 4.29. The zero-order valence-electron chi connectivity index (χ0n) is 8.90. The van der Waals surface area contributed by atoms with E-state index in [1.165, 1.54) is 0 Å². The maximum atomic E-state index is 5.72. The van der Waals surface area contributed by atoms with Crippen LogP contribution in [0.15, 0.2) is 18.2 Å². The van der Waals surface area contributed by atoms with Gasteiger partial charge in [-0.25, -0.2) is 4.98 Å². The minimum Gasteiger partial charge on any atom is -0.471 e. The van der Waals surface area contributed by atoms with Gasteiger partial charge in [0.25, 0.3) is 0 Å². The average Bonchev–Trinajstić information content (AvgIpc) is 2.46. The lowest BCUT2D eigenvalue weighted by Crippen LogP contribution is -2.32. The fourth-order valence-corrected chi connectivity index (χ4v) is 1.51. The number of aromatic nitrogens is 1. The van der Waals surface area contributed by atoms with Gasteiger partial charge in [-0.05, 0) is 13.0 Å². The molecular weight excluding hydrogens is 192 g/mol. The van der Waals surface area contributed by atoms with Crippen LogP contribution in [0.25, 0.3) is 0 Å². The molecule has 4 nitrogen and oxygen atoms in total. The standard InChI is InChI=1S/C11H16N2O2/c1-9-3-2-4-11(13-9)15-10-7-12-5-6-14-8-10/h2-4,10,12H,5-8H2,1H3/t10-/m0/s1. The summed E-state index contributed by atoms with van der Waals surface area (Å²) in [6.45, 7) is 5.04. The minimum atomic E-state index is 0.0572. The van der Waals surface area contributed by atoms with Gasteiger partial charge in [0.1, 0.15) is 6.10 Å². The maximum absolute atomic E-state index is 5.72. The molecule has 1 N–H and O–H groups in total. The van der Waals surface area contributed by atoms with Crippen LogP contribution in [0.2, 0.25) is 0 Å². The SMILES string of the molecule is Cc1cccc(O[C@H]2CNCCOC2)n1. The molecule has 2 rings (SSSR count). The van der Waals surface area contributed by atoms with Gasteiger partial charge in [0.2, 0.25) is 5.88 Å². The Bertz CT molecular complexity index is 309. The summed E-state index contributed by atoms with van der Waals surface area (Å²) >= 11 is 0. The van der Waals surface area contributed by atoms with Crippen LogP contribution in [0.5, 0.6) is 5.88 Å². The van der Waals surface area contributed by atoms with Crippen LogP contribution in [0.4, 0.5) is 0 Å². The second kappa shape index (κ2) is 5.09. The van der Waals surface area contributed by atoms with Crippen molar-refractivity contribution >= 4 is 0 Å². The number of nitrogens with zero attached hydrogens (tertiary/aromatic N) is 1. The van der Waals surface area contributed by atoms with Gasteiger partial charge in [-0.2, -0.15) is 0 Å². The molecule has 0 spiro atoms. The molecule has 1 aliphatic rings. The third-order valence-electron chi connectivity index (χ3n) is 2.25. The van der Waals surface area contributed by atoms with Crippen molar-refractivity contribution in [2.24, 2.45) is 0 Å². The molecule has 1 aromatic rings. The molecule has 0 unspecified atom stereocenters. The van der Waals surface area contributed by atoms with Crippen molar-refractivity contribution in [2.75, 3.05) is 26.3 Å². The highest BCUT2D eigenvalue weighted by molar-refractivity contribution is 5.15. The molecule has 1 aliphatic heterocycles. The van der Waals surface area contributed by atoms with Crippen molar-refractivity contribution in [1.82, 2.24) is 10.3 Å². The van der Waals surface area contributed by atoms with Gasteiger partial charge in [-0.3, -0.25) is 0 Å². The van der Waals surface area contributed by atoms with Gasteiger partial charge in [0, 0.05) is 24.8 Å². The van der Waals surface area contributed by atoms with E-state index >= 15 is 0 Å². The summed E-state index contributed by atoms with van der Waals surface area (Å²) in [5, 5.41) is 3.25. The van der Waals surface area contributed by atoms with Crippen molar-refractivity contribution in [1.29, 1.82) is 0 Å². The lowest BCUT2D eigenvalue weighted by atomic mass is 10.3. The Kier molecular flexibility index (Phi) is 3.53. The largest absolute Gasteiger partial charge is 0.471 e. The molecule has 1 fully saturated rings. The van der Waals surface area contributed by atoms with Crippen LogP contribution in [0, 0.1) is 6.92 Å². The normalized spacial score (nSPS) is 22.1. The molecule has 0 amide bonds. The van der Waals surface area contributed by atoms with E-state index in [0.29, 0.717) is 12.5 Å². The molecule has 0 aromatic carbocycles. The number of hydrogen-bond donors (Lipinski definition) is 1. The maximum Gasteiger partial charge on any atom is 0.213 e. The predicted octanol–water partition coefficient (Wildman–Crippen LogP) is 0.757. The van der Waals surface area contributed by atoms with Crippen LogP contribution in [-0.2, 0) is 4.74 Å². The first kappa shape index (κ1) is 10.4. The molecule has 0 bridgehead atoms. The lowest BCUT2D eigenvalue weighted by molar-refractivity contribution is 0.0703. The van der Waals surface area contributed by atoms with E-state index in [2.05, 4.69) is 10.3 Å². The van der Waals surface area contributed by atoms with Gasteiger partial charge < -0.3 is 14.8 Å². The van der Waals surface area contributed by atoms with Crippen LogP contribution in [-0.4, -0.2) is 37.4 Å². The van der Waals surface area contributed by atoms with Crippen molar-refractivity contribution in [3.05, 3.63) is 23.9 Å². The lowest BCUT2D eigenvalue weighted by Gasteiger charge is -2.15. The molecule has 4 heteroatoms. The molecule has 82 valence electrons. The fraction of sp³-hybridized carbons (Fsp3) is 0.545. The Morgan fingerprint density at radius 3 is 3.33 bits per heavy atom. The summed E-state index contributed by atoms with van der Waals surface area (Å²) in [5.74, 6) is 0.673. The van der Waals surface area contributed by atoms with E-state index in [4.69, 9.17) is 9.47 Å². The van der Waals surface area contributed by atoms with Gasteiger partial charge in [-0.15, -0.1) is 0 Å². The van der Waals surface area contributed by atoms with E-state index in [9.17, 15) is 0 Å². The zero-order valence-corrected chi connectivity index (χ0v) is 8.90. The van der Waals surface area contributed by atoms with Crippen LogP contribution >= 0.6 is 0 Å². The van der Waals surface area contributed by atoms with Gasteiger partial charge in [-0.1, -0.05) is 6.07 Å². The number of ether oxygens (including phenoxy) is 2. The second-order valence-electron chi connectivity index (χ2n) is 3.64. The summed E-state index contributed by atoms with van der Waals surface area (Å²) in [5.41, 5.74) is 0.968. The van der Waals surface area contributed by atoms with E-state index in [0.717, 1.165) is 25.4 Å². The third kappa shape index (κ3) is 3.18. The molecule has 1 aromatic heterocycles. The highest BCUT2D eigenvalue weighted by atomic mass is 16.5. The Hall–Kier alpha value is -1.13. The first-order valence-electron chi connectivity index (χ1n) is 5.23. The van der Waals surface area contributed by atoms with Crippen molar-refractivity contribution in [2.45, 2.75) is 13.0 Å². The molecule has 15 heavy (non-hydrogen) atoms. The third-order valence-corrected chi connectivity index (χ3v) is 2.25. The Morgan fingerprint density at radius 1 is 1.53 bits per heavy atom. The minimum absolute atomic E-state index is 0.0572. The number of pyridine rings is 1. The molecular formula is C11H16N2O2. The molecule has 2 heterocycles. The fourth-order valence-electron chi connectivity index (χ4n) is 1.51. The summed E-state index contributed by atoms with van der Waals surface area (Å²) in [6, 6.07) is 5.77. The topological polar surface area (TPSA) is 43.4 Å². The second-order valence-corrected chi connectivity index (χ2v) is 3.64. The zero-order chi connectivity index (χ0) is 10.5. The van der Waals surface area contributed by atoms with Crippen molar-refractivity contribution in [3.63, 3.8) is 0 Å². The van der Waals surface area contributed by atoms with Gasteiger partial charge >= 0.3 is 0 Å². The quantitative estimate of drug-likeness (QED) is 0.779. The van der Waals surface area contributed by atoms with Crippen LogP contribution in [0.1, 0.15) is 5.69 Å². The molecule has 1 atom stereocenters. The van der Waals surface area contributed by atoms with Crippen molar-refractivity contribution in [3.8, 4) is 5.88 Å². The summed E-state index contributed by atoms with van der Waals surface area (Å²) in [7, 11) is 0. The monoisotopic (exact) mass is 208 g/mol. The van der Waals surface area contributed by atoms with Crippen LogP contribution < -0.4 is 10.1 Å². The first-order valence-corrected chi connectivity index (χ1v) is 5.23. The predicted molar refractivity (Wildman–Crippen MR) is 57.1 cm³/mol. The number of hydrogen-bond acceptors (Lipinski definition) is 4. The first-order chi connectivity index (χ1) is 7.34. The smallest absolute Gasteiger partial charge is 0.213 e. The van der Waals surface area contributed by atoms with Crippen molar-refractivity contribution < 1.29 is 9.47 Å². The average molecular weight is 208 g/mol. The van der Waals surface area contributed by atoms with Crippen LogP contribution in [0.3, 0.4) is 0 Å². The van der Waals surface area contributed by atoms with Gasteiger partial charge in [0.05, 0.1) is 13.2 Å². The highest BCUT2D eigenvalue weighted by Crippen LogP contribution is 2.09. The molecule has 0 radical (unpaired) electrons. The highest BCUT2D eigenvalue weighted by Gasteiger charge is 2.13. The Labute approximate surface area is 89.6 Å². The van der Waals surface area contributed by atoms with Gasteiger partial charge in [0.15, 0.2) is 0 Å². The molecule has 0 aliphatic carbocycles. The number of rotatable bonds is 2. The number of nitrogens with one attached hydrogen (secondary N) is 1. The van der Waals surface area contributed by atoms with E-state index in [-0.39, 0.29) is 6.10 Å². The summed E-state index contributed by atoms with van der Waals surface area (Å²) in [6.07, 6.45) is 0.0572. The molecule has 0 saturated carbocycles. The number of aryl methyl sites for hydroxylation is 1. The van der Waals surface area contributed by atoms with E-state index in [1.807, 2.05) is 25.1 Å². The Balaban J connectivity index is 1.95. The Morgan fingerprint density at radius 2 is 2.47 bits per heavy atom. The summed E-state index contributed by atoms with van der Waals surface area (Å²) < 4.78 is 11.1.